The fourth-order valence-electron chi connectivity index (χ4n) is 4.26. The van der Waals surface area contributed by atoms with Crippen molar-refractivity contribution in [1.29, 1.82) is 0 Å². The molecule has 2 unspecified atom stereocenters. The number of carbonyl (C=O) groups excluding carboxylic acids is 2. The van der Waals surface area contributed by atoms with Gasteiger partial charge in [0.1, 0.15) is 5.82 Å². The highest BCUT2D eigenvalue weighted by molar-refractivity contribution is 6.02. The number of anilines is 3. The van der Waals surface area contributed by atoms with Gasteiger partial charge in [-0.25, -0.2) is 4.39 Å². The van der Waals surface area contributed by atoms with Crippen LogP contribution in [0.3, 0.4) is 0 Å². The first-order chi connectivity index (χ1) is 15.4. The van der Waals surface area contributed by atoms with Gasteiger partial charge in [0.15, 0.2) is 0 Å². The summed E-state index contributed by atoms with van der Waals surface area (Å²) in [6, 6.07) is 12.2. The number of nitrogens with one attached hydrogen (secondary N) is 1. The molecule has 2 aromatic rings. The third kappa shape index (κ3) is 5.16. The van der Waals surface area contributed by atoms with Gasteiger partial charge in [-0.15, -0.1) is 0 Å². The van der Waals surface area contributed by atoms with Crippen LogP contribution in [0.5, 0.6) is 0 Å². The molecule has 2 fully saturated rings. The van der Waals surface area contributed by atoms with Gasteiger partial charge in [-0.05, 0) is 62.2 Å². The van der Waals surface area contributed by atoms with Crippen molar-refractivity contribution in [2.45, 2.75) is 38.9 Å². The minimum atomic E-state index is -0.375. The van der Waals surface area contributed by atoms with Gasteiger partial charge >= 0.3 is 0 Å². The zero-order valence-corrected chi connectivity index (χ0v) is 18.4. The van der Waals surface area contributed by atoms with E-state index in [9.17, 15) is 14.0 Å². The second-order valence-electron chi connectivity index (χ2n) is 8.39. The van der Waals surface area contributed by atoms with Crippen molar-refractivity contribution < 1.29 is 18.7 Å². The van der Waals surface area contributed by atoms with E-state index in [2.05, 4.69) is 5.32 Å². The Morgan fingerprint density at radius 2 is 1.84 bits per heavy atom. The number of hydrogen-bond donors (Lipinski definition) is 1. The lowest BCUT2D eigenvalue weighted by atomic mass is 10.1. The molecule has 168 valence electrons. The van der Waals surface area contributed by atoms with Gasteiger partial charge in [-0.2, -0.15) is 0 Å². The summed E-state index contributed by atoms with van der Waals surface area (Å²) >= 11 is 0. The molecule has 0 aromatic heterocycles. The lowest BCUT2D eigenvalue weighted by molar-refractivity contribution is -0.117. The minimum Gasteiger partial charge on any atom is -0.372 e. The van der Waals surface area contributed by atoms with Crippen LogP contribution in [0.25, 0.3) is 6.08 Å². The first-order valence-electron chi connectivity index (χ1n) is 11.0. The number of benzene rings is 2. The van der Waals surface area contributed by atoms with E-state index in [1.54, 1.807) is 23.1 Å². The molecule has 2 aliphatic heterocycles. The van der Waals surface area contributed by atoms with Gasteiger partial charge in [0.2, 0.25) is 11.8 Å². The van der Waals surface area contributed by atoms with Gasteiger partial charge in [-0.1, -0.05) is 12.1 Å². The van der Waals surface area contributed by atoms with Crippen LogP contribution in [0.1, 0.15) is 32.3 Å². The molecule has 0 radical (unpaired) electrons. The first kappa shape index (κ1) is 22.0. The van der Waals surface area contributed by atoms with Gasteiger partial charge in [0, 0.05) is 43.5 Å². The summed E-state index contributed by atoms with van der Waals surface area (Å²) in [5.74, 6) is -0.576. The summed E-state index contributed by atoms with van der Waals surface area (Å²) in [6.07, 6.45) is 4.64. The number of halogens is 1. The molecule has 0 aliphatic carbocycles. The molecule has 6 nitrogen and oxygen atoms in total. The fraction of sp³-hybridized carbons (Fsp3) is 0.360. The Kier molecular flexibility index (Phi) is 6.55. The Morgan fingerprint density at radius 3 is 2.47 bits per heavy atom. The third-order valence-electron chi connectivity index (χ3n) is 5.68. The molecule has 1 N–H and O–H groups in total. The van der Waals surface area contributed by atoms with E-state index in [1.807, 2.05) is 43.0 Å². The highest BCUT2D eigenvalue weighted by Crippen LogP contribution is 2.26. The molecule has 2 atom stereocenters. The Bertz CT molecular complexity index is 1010. The SMILES string of the molecule is CC1CN(c2ccc(NC(=O)/C=C/c3ccc(N4CCCC4=O)cc3)cc2F)CC(C)O1. The smallest absolute Gasteiger partial charge is 0.248 e. The van der Waals surface area contributed by atoms with Crippen molar-refractivity contribution in [3.63, 3.8) is 0 Å². The van der Waals surface area contributed by atoms with E-state index in [0.717, 1.165) is 24.2 Å². The lowest BCUT2D eigenvalue weighted by Gasteiger charge is -2.37. The Labute approximate surface area is 187 Å². The number of amides is 2. The Balaban J connectivity index is 1.36. The average molecular weight is 438 g/mol. The van der Waals surface area contributed by atoms with E-state index < -0.39 is 0 Å². The molecule has 2 aromatic carbocycles. The van der Waals surface area contributed by atoms with Crippen LogP contribution in [0.2, 0.25) is 0 Å². The van der Waals surface area contributed by atoms with Crippen molar-refractivity contribution in [1.82, 2.24) is 0 Å². The molecule has 32 heavy (non-hydrogen) atoms. The highest BCUT2D eigenvalue weighted by Gasteiger charge is 2.24. The van der Waals surface area contributed by atoms with Crippen molar-refractivity contribution in [2.24, 2.45) is 0 Å². The summed E-state index contributed by atoms with van der Waals surface area (Å²) in [4.78, 5) is 27.9. The van der Waals surface area contributed by atoms with Crippen LogP contribution in [-0.2, 0) is 14.3 Å². The predicted molar refractivity (Wildman–Crippen MR) is 124 cm³/mol. The molecule has 0 saturated carbocycles. The molecular formula is C25H28FN3O3. The molecule has 7 heteroatoms. The zero-order chi connectivity index (χ0) is 22.7. The summed E-state index contributed by atoms with van der Waals surface area (Å²) in [5, 5.41) is 2.70. The minimum absolute atomic E-state index is 0.0348. The van der Waals surface area contributed by atoms with Gasteiger partial charge in [0.05, 0.1) is 17.9 Å². The maximum absolute atomic E-state index is 14.7. The topological polar surface area (TPSA) is 61.9 Å². The zero-order valence-electron chi connectivity index (χ0n) is 18.4. The van der Waals surface area contributed by atoms with E-state index in [-0.39, 0.29) is 29.8 Å². The number of rotatable bonds is 5. The van der Waals surface area contributed by atoms with Crippen LogP contribution in [0, 0.1) is 5.82 Å². The first-order valence-corrected chi connectivity index (χ1v) is 11.0. The van der Waals surface area contributed by atoms with Crippen molar-refractivity contribution >= 4 is 35.0 Å². The fourth-order valence-corrected chi connectivity index (χ4v) is 4.26. The Hall–Kier alpha value is -3.19. The maximum Gasteiger partial charge on any atom is 0.248 e. The van der Waals surface area contributed by atoms with Crippen LogP contribution in [-0.4, -0.2) is 43.7 Å². The van der Waals surface area contributed by atoms with E-state index in [1.165, 1.54) is 12.1 Å². The Morgan fingerprint density at radius 1 is 1.12 bits per heavy atom. The number of carbonyl (C=O) groups is 2. The van der Waals surface area contributed by atoms with Crippen LogP contribution >= 0.6 is 0 Å². The standard InChI is InChI=1S/C25H28FN3O3/c1-17-15-28(16-18(2)32-17)23-11-8-20(14-22(23)26)27-24(30)12-7-19-5-9-21(10-6-19)29-13-3-4-25(29)31/h5-12,14,17-18H,3-4,13,15-16H2,1-2H3,(H,27,30)/b12-7+. The molecule has 4 rings (SSSR count). The summed E-state index contributed by atoms with van der Waals surface area (Å²) < 4.78 is 20.4. The summed E-state index contributed by atoms with van der Waals surface area (Å²) in [5.41, 5.74) is 2.62. The van der Waals surface area contributed by atoms with Crippen LogP contribution in [0.4, 0.5) is 21.5 Å². The van der Waals surface area contributed by atoms with E-state index in [4.69, 9.17) is 4.74 Å². The molecule has 2 amide bonds. The van der Waals surface area contributed by atoms with Gasteiger partial charge in [0.25, 0.3) is 0 Å². The normalized spacial score (nSPS) is 21.4. The van der Waals surface area contributed by atoms with Crippen LogP contribution in [0.15, 0.2) is 48.5 Å². The monoisotopic (exact) mass is 437 g/mol. The summed E-state index contributed by atoms with van der Waals surface area (Å²) in [6.45, 7) is 5.94. The number of hydrogen-bond acceptors (Lipinski definition) is 4. The van der Waals surface area contributed by atoms with E-state index >= 15 is 0 Å². The largest absolute Gasteiger partial charge is 0.372 e. The number of morpholine rings is 1. The van der Waals surface area contributed by atoms with E-state index in [0.29, 0.717) is 30.9 Å². The van der Waals surface area contributed by atoms with Crippen LogP contribution < -0.4 is 15.1 Å². The second kappa shape index (κ2) is 9.53. The average Bonchev–Trinajstić information content (AvgIpc) is 3.18. The van der Waals surface area contributed by atoms with Crippen molar-refractivity contribution in [3.05, 3.63) is 59.9 Å². The van der Waals surface area contributed by atoms with Crippen molar-refractivity contribution in [2.75, 3.05) is 34.8 Å². The molecular weight excluding hydrogens is 409 g/mol. The molecule has 0 spiro atoms. The lowest BCUT2D eigenvalue weighted by Crippen LogP contribution is -2.45. The molecule has 2 saturated heterocycles. The molecule has 2 heterocycles. The quantitative estimate of drug-likeness (QED) is 0.712. The number of ether oxygens (including phenoxy) is 1. The van der Waals surface area contributed by atoms with Crippen molar-refractivity contribution in [3.8, 4) is 0 Å². The second-order valence-corrected chi connectivity index (χ2v) is 8.39. The number of nitrogens with zero attached hydrogens (tertiary/aromatic N) is 2. The van der Waals surface area contributed by atoms with Gasteiger partial charge in [-0.3, -0.25) is 9.59 Å². The highest BCUT2D eigenvalue weighted by atomic mass is 19.1. The molecule has 2 aliphatic rings. The summed E-state index contributed by atoms with van der Waals surface area (Å²) in [7, 11) is 0. The third-order valence-corrected chi connectivity index (χ3v) is 5.68. The van der Waals surface area contributed by atoms with Gasteiger partial charge < -0.3 is 19.9 Å². The predicted octanol–water partition coefficient (Wildman–Crippen LogP) is 4.22. The maximum atomic E-state index is 14.7. The molecule has 0 bridgehead atoms.